The van der Waals surface area contributed by atoms with Crippen LogP contribution in [0.1, 0.15) is 33.2 Å². The van der Waals surface area contributed by atoms with Crippen molar-refractivity contribution in [1.82, 2.24) is 5.43 Å². The summed E-state index contributed by atoms with van der Waals surface area (Å²) in [5, 5.41) is 4.00. The summed E-state index contributed by atoms with van der Waals surface area (Å²) in [6, 6.07) is 16.5. The van der Waals surface area contributed by atoms with E-state index in [4.69, 9.17) is 18.9 Å². The zero-order valence-electron chi connectivity index (χ0n) is 18.8. The third-order valence-corrected chi connectivity index (χ3v) is 5.08. The summed E-state index contributed by atoms with van der Waals surface area (Å²) in [4.78, 5) is 25.1. The molecule has 0 aromatic heterocycles. The van der Waals surface area contributed by atoms with Crippen LogP contribution in [0.25, 0.3) is 0 Å². The predicted octanol–water partition coefficient (Wildman–Crippen LogP) is 4.85. The first-order valence-corrected chi connectivity index (χ1v) is 11.0. The van der Waals surface area contributed by atoms with Gasteiger partial charge in [-0.25, -0.2) is 10.2 Å². The van der Waals surface area contributed by atoms with Crippen molar-refractivity contribution in [2.24, 2.45) is 5.10 Å². The van der Waals surface area contributed by atoms with Crippen LogP contribution >= 0.6 is 15.9 Å². The number of amides is 1. The molecule has 9 heteroatoms. The lowest BCUT2D eigenvalue weighted by molar-refractivity contribution is 0.0734. The van der Waals surface area contributed by atoms with Gasteiger partial charge in [-0.15, -0.1) is 0 Å². The molecular weight excluding hydrogens is 504 g/mol. The lowest BCUT2D eigenvalue weighted by Crippen LogP contribution is -2.18. The van der Waals surface area contributed by atoms with Crippen LogP contribution in [0.3, 0.4) is 0 Å². The molecule has 8 nitrogen and oxygen atoms in total. The monoisotopic (exact) mass is 526 g/mol. The SMILES string of the molecule is CCOc1ccc(C(=O)Oc2ccc(Br)cc2/C=N\NC(=O)c2ccc(OC)c(OC)c2)cc1. The van der Waals surface area contributed by atoms with Crippen molar-refractivity contribution in [3.05, 3.63) is 81.8 Å². The van der Waals surface area contributed by atoms with Gasteiger partial charge in [0.15, 0.2) is 11.5 Å². The Hall–Kier alpha value is -3.85. The van der Waals surface area contributed by atoms with Crippen LogP contribution in [0.4, 0.5) is 0 Å². The van der Waals surface area contributed by atoms with Crippen LogP contribution in [-0.4, -0.2) is 38.9 Å². The summed E-state index contributed by atoms with van der Waals surface area (Å²) in [6.07, 6.45) is 1.39. The second-order valence-corrected chi connectivity index (χ2v) is 7.71. The number of hydrogen-bond acceptors (Lipinski definition) is 7. The van der Waals surface area contributed by atoms with Gasteiger partial charge in [0.1, 0.15) is 11.5 Å². The minimum Gasteiger partial charge on any atom is -0.494 e. The summed E-state index contributed by atoms with van der Waals surface area (Å²) < 4.78 is 22.1. The van der Waals surface area contributed by atoms with E-state index in [1.54, 1.807) is 60.7 Å². The number of methoxy groups -OCH3 is 2. The molecule has 0 unspecified atom stereocenters. The number of esters is 1. The molecule has 34 heavy (non-hydrogen) atoms. The van der Waals surface area contributed by atoms with Crippen molar-refractivity contribution in [2.45, 2.75) is 6.92 Å². The lowest BCUT2D eigenvalue weighted by Gasteiger charge is -2.09. The Balaban J connectivity index is 1.72. The van der Waals surface area contributed by atoms with E-state index in [0.29, 0.717) is 40.5 Å². The first-order chi connectivity index (χ1) is 16.4. The molecular formula is C25H23BrN2O6. The third-order valence-electron chi connectivity index (χ3n) is 4.59. The first-order valence-electron chi connectivity index (χ1n) is 10.2. The molecule has 3 rings (SSSR count). The zero-order chi connectivity index (χ0) is 24.5. The number of nitrogens with one attached hydrogen (secondary N) is 1. The quantitative estimate of drug-likeness (QED) is 0.185. The number of rotatable bonds is 9. The van der Waals surface area contributed by atoms with Crippen LogP contribution < -0.4 is 24.4 Å². The van der Waals surface area contributed by atoms with Gasteiger partial charge in [-0.05, 0) is 67.6 Å². The standard InChI is InChI=1S/C25H23BrN2O6/c1-4-33-20-9-5-16(6-10-20)25(30)34-21-12-8-19(26)13-18(21)15-27-28-24(29)17-7-11-22(31-2)23(14-17)32-3/h5-15H,4H2,1-3H3,(H,28,29)/b27-15-. The number of hydrogen-bond donors (Lipinski definition) is 1. The van der Waals surface area contributed by atoms with E-state index >= 15 is 0 Å². The van der Waals surface area contributed by atoms with Crippen LogP contribution in [-0.2, 0) is 0 Å². The number of halogens is 1. The van der Waals surface area contributed by atoms with Crippen molar-refractivity contribution in [2.75, 3.05) is 20.8 Å². The molecule has 0 atom stereocenters. The van der Waals surface area contributed by atoms with E-state index < -0.39 is 11.9 Å². The van der Waals surface area contributed by atoms with E-state index in [-0.39, 0.29) is 5.75 Å². The Morgan fingerprint density at radius 1 is 0.912 bits per heavy atom. The highest BCUT2D eigenvalue weighted by atomic mass is 79.9. The molecule has 0 aliphatic heterocycles. The van der Waals surface area contributed by atoms with Gasteiger partial charge in [0, 0.05) is 15.6 Å². The Bertz CT molecular complexity index is 1190. The Kier molecular flexibility index (Phi) is 8.64. The predicted molar refractivity (Wildman–Crippen MR) is 131 cm³/mol. The largest absolute Gasteiger partial charge is 0.494 e. The summed E-state index contributed by atoms with van der Waals surface area (Å²) in [5.41, 5.74) is 3.65. The van der Waals surface area contributed by atoms with E-state index in [0.717, 1.165) is 4.47 Å². The summed E-state index contributed by atoms with van der Waals surface area (Å²) >= 11 is 3.39. The van der Waals surface area contributed by atoms with Crippen molar-refractivity contribution in [3.63, 3.8) is 0 Å². The van der Waals surface area contributed by atoms with Gasteiger partial charge >= 0.3 is 5.97 Å². The molecule has 176 valence electrons. The van der Waals surface area contributed by atoms with E-state index in [9.17, 15) is 9.59 Å². The molecule has 1 N–H and O–H groups in total. The van der Waals surface area contributed by atoms with Gasteiger partial charge in [0.05, 0.1) is 32.6 Å². The van der Waals surface area contributed by atoms with Gasteiger partial charge < -0.3 is 18.9 Å². The molecule has 0 fully saturated rings. The van der Waals surface area contributed by atoms with Crippen molar-refractivity contribution < 1.29 is 28.5 Å². The second kappa shape index (κ2) is 11.9. The highest BCUT2D eigenvalue weighted by Crippen LogP contribution is 2.27. The fraction of sp³-hybridized carbons (Fsp3) is 0.160. The van der Waals surface area contributed by atoms with Gasteiger partial charge in [-0.2, -0.15) is 5.10 Å². The van der Waals surface area contributed by atoms with Crippen LogP contribution in [0.5, 0.6) is 23.0 Å². The van der Waals surface area contributed by atoms with Gasteiger partial charge in [0.25, 0.3) is 5.91 Å². The molecule has 0 heterocycles. The Labute approximate surface area is 205 Å². The smallest absolute Gasteiger partial charge is 0.343 e. The fourth-order valence-electron chi connectivity index (χ4n) is 2.93. The highest BCUT2D eigenvalue weighted by Gasteiger charge is 2.13. The maximum absolute atomic E-state index is 12.6. The van der Waals surface area contributed by atoms with Gasteiger partial charge in [0.2, 0.25) is 0 Å². The number of carbonyl (C=O) groups excluding carboxylic acids is 2. The Morgan fingerprint density at radius 2 is 1.59 bits per heavy atom. The van der Waals surface area contributed by atoms with Gasteiger partial charge in [-0.3, -0.25) is 4.79 Å². The molecule has 0 bridgehead atoms. The summed E-state index contributed by atoms with van der Waals surface area (Å²) in [5.74, 6) is 0.909. The van der Waals surface area contributed by atoms with Crippen LogP contribution in [0.15, 0.2) is 70.2 Å². The molecule has 0 aliphatic rings. The number of carbonyl (C=O) groups is 2. The molecule has 1 amide bonds. The lowest BCUT2D eigenvalue weighted by atomic mass is 10.2. The maximum Gasteiger partial charge on any atom is 0.343 e. The highest BCUT2D eigenvalue weighted by molar-refractivity contribution is 9.10. The topological polar surface area (TPSA) is 95.5 Å². The molecule has 0 aliphatic carbocycles. The van der Waals surface area contributed by atoms with Crippen molar-refractivity contribution in [1.29, 1.82) is 0 Å². The number of hydrazone groups is 1. The molecule has 0 saturated carbocycles. The number of ether oxygens (including phenoxy) is 4. The minimum atomic E-state index is -0.533. The van der Waals surface area contributed by atoms with Gasteiger partial charge in [-0.1, -0.05) is 15.9 Å². The second-order valence-electron chi connectivity index (χ2n) is 6.80. The van der Waals surface area contributed by atoms with Crippen molar-refractivity contribution >= 4 is 34.0 Å². The average Bonchev–Trinajstić information content (AvgIpc) is 2.85. The number of benzene rings is 3. The first kappa shape index (κ1) is 24.8. The summed E-state index contributed by atoms with van der Waals surface area (Å²) in [6.45, 7) is 2.42. The molecule has 0 saturated heterocycles. The normalized spacial score (nSPS) is 10.6. The zero-order valence-corrected chi connectivity index (χ0v) is 20.4. The van der Waals surface area contributed by atoms with Crippen LogP contribution in [0, 0.1) is 0 Å². The molecule has 3 aromatic rings. The summed E-state index contributed by atoms with van der Waals surface area (Å²) in [7, 11) is 3.00. The minimum absolute atomic E-state index is 0.284. The third kappa shape index (κ3) is 6.35. The van der Waals surface area contributed by atoms with E-state index in [1.807, 2.05) is 6.92 Å². The van der Waals surface area contributed by atoms with Crippen LogP contribution in [0.2, 0.25) is 0 Å². The number of nitrogens with zero attached hydrogens (tertiary/aromatic N) is 1. The maximum atomic E-state index is 12.6. The average molecular weight is 527 g/mol. The Morgan fingerprint density at radius 3 is 2.26 bits per heavy atom. The molecule has 0 spiro atoms. The van der Waals surface area contributed by atoms with E-state index in [2.05, 4.69) is 26.5 Å². The van der Waals surface area contributed by atoms with E-state index in [1.165, 1.54) is 20.4 Å². The molecule has 0 radical (unpaired) electrons. The van der Waals surface area contributed by atoms with Crippen molar-refractivity contribution in [3.8, 4) is 23.0 Å². The fourth-order valence-corrected chi connectivity index (χ4v) is 3.31. The molecule has 3 aromatic carbocycles.